The third-order valence-electron chi connectivity index (χ3n) is 1.45. The van der Waals surface area contributed by atoms with Crippen LogP contribution in [0.15, 0.2) is 18.2 Å². The normalized spacial score (nSPS) is 8.86. The molecule has 0 aliphatic carbocycles. The summed E-state index contributed by atoms with van der Waals surface area (Å²) >= 11 is 0. The molecule has 7 nitrogen and oxygen atoms in total. The van der Waals surface area contributed by atoms with Crippen molar-refractivity contribution in [3.8, 4) is 0 Å². The Bertz CT molecular complexity index is 377. The van der Waals surface area contributed by atoms with E-state index in [-0.39, 0.29) is 11.8 Å². The van der Waals surface area contributed by atoms with E-state index in [1.807, 2.05) is 0 Å². The molecule has 0 saturated heterocycles. The predicted octanol–water partition coefficient (Wildman–Crippen LogP) is 1.04. The van der Waals surface area contributed by atoms with Gasteiger partial charge in [-0.15, -0.1) is 0 Å². The maximum atomic E-state index is 10.5. The Morgan fingerprint density at radius 3 is 2.50 bits per heavy atom. The van der Waals surface area contributed by atoms with Gasteiger partial charge >= 0.3 is 5.97 Å². The number of nitrogen functional groups attached to an aromatic ring is 1. The summed E-state index contributed by atoms with van der Waals surface area (Å²) in [6.45, 7) is 0. The molecule has 76 valence electrons. The highest BCUT2D eigenvalue weighted by Crippen LogP contribution is 2.20. The number of nitrogens with zero attached hydrogens (tertiary/aromatic N) is 1. The zero-order valence-electron chi connectivity index (χ0n) is 7.14. The quantitative estimate of drug-likeness (QED) is 0.369. The van der Waals surface area contributed by atoms with Crippen LogP contribution in [0.5, 0.6) is 0 Å². The number of hydrogen-bond donors (Lipinski definition) is 3. The summed E-state index contributed by atoms with van der Waals surface area (Å²) in [6.07, 6.45) is 0. The summed E-state index contributed by atoms with van der Waals surface area (Å²) in [6, 6.07) is 3.41. The molecular formula is C7H9N3O4. The van der Waals surface area contributed by atoms with Gasteiger partial charge < -0.3 is 17.0 Å². The second-order valence-corrected chi connectivity index (χ2v) is 2.34. The number of rotatable bonds is 2. The molecule has 1 rings (SSSR count). The standard InChI is InChI=1S/C7H6N2O4.H3N/c8-4-1-2-6(9(12)13)5(3-4)7(10)11;/h1-3H,8H2,(H,10,11);1H3. The molecule has 0 atom stereocenters. The van der Waals surface area contributed by atoms with Gasteiger partial charge in [0.25, 0.3) is 5.69 Å². The first kappa shape index (κ1) is 11.8. The number of carboxylic acids is 1. The molecule has 0 aromatic heterocycles. The average Bonchev–Trinajstić information content (AvgIpc) is 2.03. The Morgan fingerprint density at radius 2 is 2.07 bits per heavy atom. The summed E-state index contributed by atoms with van der Waals surface area (Å²) in [5.41, 5.74) is 4.61. The number of carboxylic acid groups (broad SMARTS) is 1. The minimum atomic E-state index is -1.36. The number of nitro groups is 1. The van der Waals surface area contributed by atoms with Crippen LogP contribution < -0.4 is 11.9 Å². The molecule has 0 heterocycles. The van der Waals surface area contributed by atoms with Gasteiger partial charge in [0.1, 0.15) is 5.56 Å². The second kappa shape index (κ2) is 4.19. The maximum absolute atomic E-state index is 10.5. The van der Waals surface area contributed by atoms with Crippen molar-refractivity contribution >= 4 is 17.3 Å². The summed E-state index contributed by atoms with van der Waals surface area (Å²) in [7, 11) is 0. The first-order valence-electron chi connectivity index (χ1n) is 3.29. The molecule has 6 N–H and O–H groups in total. The summed E-state index contributed by atoms with van der Waals surface area (Å²) in [4.78, 5) is 20.1. The molecule has 0 aliphatic heterocycles. The highest BCUT2D eigenvalue weighted by Gasteiger charge is 2.18. The van der Waals surface area contributed by atoms with Gasteiger partial charge in [-0.3, -0.25) is 10.1 Å². The van der Waals surface area contributed by atoms with Crippen LogP contribution >= 0.6 is 0 Å². The maximum Gasteiger partial charge on any atom is 0.342 e. The first-order chi connectivity index (χ1) is 6.02. The largest absolute Gasteiger partial charge is 0.477 e. The zero-order valence-corrected chi connectivity index (χ0v) is 7.14. The number of anilines is 1. The number of aromatic carboxylic acids is 1. The Morgan fingerprint density at radius 1 is 1.50 bits per heavy atom. The Hall–Kier alpha value is -2.15. The monoisotopic (exact) mass is 199 g/mol. The minimum absolute atomic E-state index is 0. The van der Waals surface area contributed by atoms with Crippen LogP contribution in [0.1, 0.15) is 10.4 Å². The third kappa shape index (κ3) is 2.17. The highest BCUT2D eigenvalue weighted by molar-refractivity contribution is 5.93. The molecule has 1 aromatic carbocycles. The molecule has 0 amide bonds. The molecule has 14 heavy (non-hydrogen) atoms. The van der Waals surface area contributed by atoms with E-state index in [9.17, 15) is 14.9 Å². The van der Waals surface area contributed by atoms with Crippen molar-refractivity contribution < 1.29 is 14.8 Å². The van der Waals surface area contributed by atoms with Crippen molar-refractivity contribution in [2.24, 2.45) is 0 Å². The second-order valence-electron chi connectivity index (χ2n) is 2.34. The van der Waals surface area contributed by atoms with Crippen molar-refractivity contribution in [1.82, 2.24) is 6.15 Å². The van der Waals surface area contributed by atoms with Crippen LogP contribution in [-0.4, -0.2) is 16.0 Å². The van der Waals surface area contributed by atoms with E-state index in [1.54, 1.807) is 0 Å². The Balaban J connectivity index is 0.00000169. The van der Waals surface area contributed by atoms with Gasteiger partial charge in [0.2, 0.25) is 0 Å². The molecule has 0 radical (unpaired) electrons. The molecule has 0 bridgehead atoms. The van der Waals surface area contributed by atoms with Crippen LogP contribution in [0.3, 0.4) is 0 Å². The lowest BCUT2D eigenvalue weighted by atomic mass is 10.1. The fraction of sp³-hybridized carbons (Fsp3) is 0. The predicted molar refractivity (Wildman–Crippen MR) is 49.5 cm³/mol. The number of hydrogen-bond acceptors (Lipinski definition) is 5. The van der Waals surface area contributed by atoms with Gasteiger partial charge in [0.05, 0.1) is 4.92 Å². The van der Waals surface area contributed by atoms with E-state index in [4.69, 9.17) is 10.8 Å². The lowest BCUT2D eigenvalue weighted by Gasteiger charge is -1.98. The van der Waals surface area contributed by atoms with E-state index in [0.29, 0.717) is 0 Å². The highest BCUT2D eigenvalue weighted by atomic mass is 16.6. The molecule has 7 heteroatoms. The molecule has 0 unspecified atom stereocenters. The van der Waals surface area contributed by atoms with Crippen molar-refractivity contribution in [1.29, 1.82) is 0 Å². The van der Waals surface area contributed by atoms with E-state index in [2.05, 4.69) is 0 Å². The van der Waals surface area contributed by atoms with E-state index < -0.39 is 22.1 Å². The van der Waals surface area contributed by atoms with Crippen LogP contribution in [0.4, 0.5) is 11.4 Å². The molecule has 0 fully saturated rings. The van der Waals surface area contributed by atoms with Crippen molar-refractivity contribution in [2.75, 3.05) is 5.73 Å². The van der Waals surface area contributed by atoms with Crippen LogP contribution in [0.25, 0.3) is 0 Å². The first-order valence-corrected chi connectivity index (χ1v) is 3.29. The topological polar surface area (TPSA) is 141 Å². The number of carbonyl (C=O) groups is 1. The fourth-order valence-electron chi connectivity index (χ4n) is 0.884. The lowest BCUT2D eigenvalue weighted by Crippen LogP contribution is -2.03. The Labute approximate surface area is 78.9 Å². The van der Waals surface area contributed by atoms with Gasteiger partial charge in [-0.05, 0) is 12.1 Å². The van der Waals surface area contributed by atoms with Gasteiger partial charge in [0, 0.05) is 11.8 Å². The van der Waals surface area contributed by atoms with Gasteiger partial charge in [-0.1, -0.05) is 0 Å². The third-order valence-corrected chi connectivity index (χ3v) is 1.45. The fourth-order valence-corrected chi connectivity index (χ4v) is 0.884. The lowest BCUT2D eigenvalue weighted by molar-refractivity contribution is -0.385. The van der Waals surface area contributed by atoms with Gasteiger partial charge in [-0.25, -0.2) is 4.79 Å². The zero-order chi connectivity index (χ0) is 10.0. The van der Waals surface area contributed by atoms with Crippen molar-refractivity contribution in [3.05, 3.63) is 33.9 Å². The summed E-state index contributed by atoms with van der Waals surface area (Å²) in [5, 5.41) is 18.9. The minimum Gasteiger partial charge on any atom is -0.477 e. The van der Waals surface area contributed by atoms with Crippen molar-refractivity contribution in [3.63, 3.8) is 0 Å². The summed E-state index contributed by atoms with van der Waals surface area (Å²) in [5.74, 6) is -1.36. The van der Waals surface area contributed by atoms with E-state index in [1.165, 1.54) is 6.07 Å². The molecule has 0 aliphatic rings. The smallest absolute Gasteiger partial charge is 0.342 e. The molecule has 0 saturated carbocycles. The molecular weight excluding hydrogens is 190 g/mol. The number of nitro benzene ring substituents is 1. The molecule has 1 aromatic rings. The average molecular weight is 199 g/mol. The van der Waals surface area contributed by atoms with Crippen LogP contribution in [0.2, 0.25) is 0 Å². The summed E-state index contributed by atoms with van der Waals surface area (Å²) < 4.78 is 0. The van der Waals surface area contributed by atoms with Crippen LogP contribution in [-0.2, 0) is 0 Å². The number of nitrogens with two attached hydrogens (primary N) is 1. The van der Waals surface area contributed by atoms with Gasteiger partial charge in [0.15, 0.2) is 0 Å². The Kier molecular flexibility index (Phi) is 3.55. The van der Waals surface area contributed by atoms with E-state index >= 15 is 0 Å². The SMILES string of the molecule is N.Nc1ccc([N+](=O)[O-])c(C(=O)O)c1. The number of benzene rings is 1. The van der Waals surface area contributed by atoms with Gasteiger partial charge in [-0.2, -0.15) is 0 Å². The van der Waals surface area contributed by atoms with Crippen molar-refractivity contribution in [2.45, 2.75) is 0 Å². The van der Waals surface area contributed by atoms with Crippen LogP contribution in [0, 0.1) is 10.1 Å². The molecule has 0 spiro atoms. The van der Waals surface area contributed by atoms with E-state index in [0.717, 1.165) is 12.1 Å².